The van der Waals surface area contributed by atoms with E-state index in [1.165, 1.54) is 17.0 Å². The minimum atomic E-state index is -1.06. The summed E-state index contributed by atoms with van der Waals surface area (Å²) in [4.78, 5) is 25.5. The lowest BCUT2D eigenvalue weighted by Crippen LogP contribution is -2.38. The summed E-state index contributed by atoms with van der Waals surface area (Å²) in [7, 11) is 0. The molecule has 26 heavy (non-hydrogen) atoms. The number of amides is 1. The predicted molar refractivity (Wildman–Crippen MR) is 93.9 cm³/mol. The van der Waals surface area contributed by atoms with Crippen LogP contribution in [0.1, 0.15) is 42.0 Å². The van der Waals surface area contributed by atoms with Crippen LogP contribution in [0, 0.1) is 11.7 Å². The van der Waals surface area contributed by atoms with Crippen molar-refractivity contribution in [3.05, 3.63) is 47.0 Å². The highest BCUT2D eigenvalue weighted by Crippen LogP contribution is 2.29. The average Bonchev–Trinajstić information content (AvgIpc) is 3.14. The van der Waals surface area contributed by atoms with Gasteiger partial charge in [-0.3, -0.25) is 9.59 Å². The van der Waals surface area contributed by atoms with Crippen LogP contribution in [0.4, 0.5) is 4.39 Å². The zero-order chi connectivity index (χ0) is 18.8. The Bertz CT molecular complexity index is 845. The zero-order valence-corrected chi connectivity index (χ0v) is 14.9. The first-order valence-corrected chi connectivity index (χ1v) is 8.74. The molecular formula is C19H22FN3O3. The van der Waals surface area contributed by atoms with E-state index >= 15 is 0 Å². The largest absolute Gasteiger partial charge is 0.480 e. The Morgan fingerprint density at radius 2 is 2.12 bits per heavy atom. The van der Waals surface area contributed by atoms with Crippen molar-refractivity contribution in [1.29, 1.82) is 0 Å². The Labute approximate surface area is 151 Å². The van der Waals surface area contributed by atoms with Gasteiger partial charge in [-0.15, -0.1) is 0 Å². The summed E-state index contributed by atoms with van der Waals surface area (Å²) < 4.78 is 15.2. The summed E-state index contributed by atoms with van der Waals surface area (Å²) in [6.07, 6.45) is 2.37. The van der Waals surface area contributed by atoms with Crippen molar-refractivity contribution in [1.82, 2.24) is 14.7 Å². The Morgan fingerprint density at radius 3 is 2.77 bits per heavy atom. The standard InChI is InChI=1S/C19H22FN3O3/c1-12(2)10-22(11-17(24)25)19(26)18-15-7-4-8-16(15)23(21-18)14-6-3-5-13(20)9-14/h3,5-6,9,12H,4,7-8,10-11H2,1-2H3,(H,24,25). The fourth-order valence-corrected chi connectivity index (χ4v) is 3.40. The molecule has 1 aromatic heterocycles. The van der Waals surface area contributed by atoms with E-state index in [1.807, 2.05) is 13.8 Å². The second kappa shape index (κ2) is 7.27. The number of carbonyl (C=O) groups is 2. The molecule has 1 heterocycles. The fraction of sp³-hybridized carbons (Fsp3) is 0.421. The molecule has 1 aromatic carbocycles. The number of nitrogens with zero attached hydrogens (tertiary/aromatic N) is 3. The number of halogens is 1. The van der Waals surface area contributed by atoms with Gasteiger partial charge in [0.1, 0.15) is 12.4 Å². The Hall–Kier alpha value is -2.70. The van der Waals surface area contributed by atoms with Gasteiger partial charge in [0.15, 0.2) is 5.69 Å². The van der Waals surface area contributed by atoms with Crippen LogP contribution >= 0.6 is 0 Å². The van der Waals surface area contributed by atoms with Gasteiger partial charge in [-0.1, -0.05) is 19.9 Å². The number of rotatable bonds is 6. The van der Waals surface area contributed by atoms with Crippen LogP contribution in [-0.2, 0) is 17.6 Å². The highest BCUT2D eigenvalue weighted by atomic mass is 19.1. The van der Waals surface area contributed by atoms with E-state index in [2.05, 4.69) is 5.10 Å². The van der Waals surface area contributed by atoms with Gasteiger partial charge in [-0.05, 0) is 43.4 Å². The molecule has 1 aliphatic carbocycles. The summed E-state index contributed by atoms with van der Waals surface area (Å²) in [5.74, 6) is -1.67. The number of fused-ring (bicyclic) bond motifs is 1. The van der Waals surface area contributed by atoms with Gasteiger partial charge in [-0.2, -0.15) is 5.10 Å². The zero-order valence-electron chi connectivity index (χ0n) is 14.9. The minimum absolute atomic E-state index is 0.136. The molecule has 1 N–H and O–H groups in total. The van der Waals surface area contributed by atoms with E-state index in [0.29, 0.717) is 18.7 Å². The normalized spacial score (nSPS) is 13.1. The van der Waals surface area contributed by atoms with E-state index in [4.69, 9.17) is 5.11 Å². The van der Waals surface area contributed by atoms with Crippen LogP contribution in [0.25, 0.3) is 5.69 Å². The maximum Gasteiger partial charge on any atom is 0.323 e. The van der Waals surface area contributed by atoms with Crippen LogP contribution in [0.2, 0.25) is 0 Å². The summed E-state index contributed by atoms with van der Waals surface area (Å²) in [5.41, 5.74) is 2.59. The summed E-state index contributed by atoms with van der Waals surface area (Å²) in [6, 6.07) is 6.08. The lowest BCUT2D eigenvalue weighted by molar-refractivity contribution is -0.137. The third kappa shape index (κ3) is 3.61. The van der Waals surface area contributed by atoms with E-state index in [-0.39, 0.29) is 29.9 Å². The van der Waals surface area contributed by atoms with Crippen molar-refractivity contribution in [3.63, 3.8) is 0 Å². The third-order valence-electron chi connectivity index (χ3n) is 4.38. The lowest BCUT2D eigenvalue weighted by atomic mass is 10.1. The molecule has 0 saturated heterocycles. The van der Waals surface area contributed by atoms with Crippen LogP contribution in [-0.4, -0.2) is 44.8 Å². The molecule has 0 unspecified atom stereocenters. The second-order valence-corrected chi connectivity index (χ2v) is 6.99. The molecule has 0 atom stereocenters. The smallest absolute Gasteiger partial charge is 0.323 e. The quantitative estimate of drug-likeness (QED) is 0.860. The van der Waals surface area contributed by atoms with Crippen molar-refractivity contribution >= 4 is 11.9 Å². The van der Waals surface area contributed by atoms with Crippen LogP contribution < -0.4 is 0 Å². The summed E-state index contributed by atoms with van der Waals surface area (Å²) in [6.45, 7) is 3.83. The number of carboxylic acids is 1. The van der Waals surface area contributed by atoms with Gasteiger partial charge in [0.25, 0.3) is 5.91 Å². The van der Waals surface area contributed by atoms with Crippen LogP contribution in [0.3, 0.4) is 0 Å². The van der Waals surface area contributed by atoms with Crippen molar-refractivity contribution in [3.8, 4) is 5.69 Å². The van der Waals surface area contributed by atoms with Gasteiger partial charge < -0.3 is 10.0 Å². The monoisotopic (exact) mass is 359 g/mol. The first-order chi connectivity index (χ1) is 12.4. The number of carboxylic acid groups (broad SMARTS) is 1. The van der Waals surface area contributed by atoms with Gasteiger partial charge in [-0.25, -0.2) is 9.07 Å². The maximum absolute atomic E-state index is 13.6. The van der Waals surface area contributed by atoms with Gasteiger partial charge in [0.05, 0.1) is 5.69 Å². The van der Waals surface area contributed by atoms with Crippen LogP contribution in [0.15, 0.2) is 24.3 Å². The van der Waals surface area contributed by atoms with Gasteiger partial charge >= 0.3 is 5.97 Å². The molecule has 3 rings (SSSR count). The number of benzene rings is 1. The van der Waals surface area contributed by atoms with E-state index in [9.17, 15) is 14.0 Å². The first-order valence-electron chi connectivity index (χ1n) is 8.74. The Kier molecular flexibility index (Phi) is 5.06. The summed E-state index contributed by atoms with van der Waals surface area (Å²) in [5, 5.41) is 13.6. The fourth-order valence-electron chi connectivity index (χ4n) is 3.40. The average molecular weight is 359 g/mol. The SMILES string of the molecule is CC(C)CN(CC(=O)O)C(=O)c1nn(-c2cccc(F)c2)c2c1CCC2. The van der Waals surface area contributed by atoms with Crippen molar-refractivity contribution < 1.29 is 19.1 Å². The molecule has 0 spiro atoms. The molecule has 2 aromatic rings. The molecule has 7 heteroatoms. The minimum Gasteiger partial charge on any atom is -0.480 e. The highest BCUT2D eigenvalue weighted by Gasteiger charge is 2.30. The molecule has 0 radical (unpaired) electrons. The van der Waals surface area contributed by atoms with Crippen molar-refractivity contribution in [2.45, 2.75) is 33.1 Å². The van der Waals surface area contributed by atoms with Crippen LogP contribution in [0.5, 0.6) is 0 Å². The molecule has 6 nitrogen and oxygen atoms in total. The van der Waals surface area contributed by atoms with Gasteiger partial charge in [0, 0.05) is 17.8 Å². The second-order valence-electron chi connectivity index (χ2n) is 6.99. The summed E-state index contributed by atoms with van der Waals surface area (Å²) >= 11 is 0. The van der Waals surface area contributed by atoms with Crippen molar-refractivity contribution in [2.24, 2.45) is 5.92 Å². The molecule has 0 aliphatic heterocycles. The molecule has 0 bridgehead atoms. The highest BCUT2D eigenvalue weighted by molar-refractivity contribution is 5.96. The molecule has 1 amide bonds. The number of aliphatic carboxylic acids is 1. The molecule has 138 valence electrons. The maximum atomic E-state index is 13.6. The molecule has 1 aliphatic rings. The molecule has 0 fully saturated rings. The number of hydrogen-bond donors (Lipinski definition) is 1. The number of carbonyl (C=O) groups excluding carboxylic acids is 1. The molecular weight excluding hydrogens is 337 g/mol. The third-order valence-corrected chi connectivity index (χ3v) is 4.38. The number of hydrogen-bond acceptors (Lipinski definition) is 3. The predicted octanol–water partition coefficient (Wildman–Crippen LogP) is 2.68. The topological polar surface area (TPSA) is 75.4 Å². The van der Waals surface area contributed by atoms with E-state index in [1.54, 1.807) is 16.8 Å². The molecule has 0 saturated carbocycles. The first kappa shape index (κ1) is 18.1. The van der Waals surface area contributed by atoms with Crippen molar-refractivity contribution in [2.75, 3.05) is 13.1 Å². The van der Waals surface area contributed by atoms with Gasteiger partial charge in [0.2, 0.25) is 0 Å². The van der Waals surface area contributed by atoms with E-state index < -0.39 is 5.97 Å². The lowest BCUT2D eigenvalue weighted by Gasteiger charge is -2.22. The Balaban J connectivity index is 2.01. The van der Waals surface area contributed by atoms with E-state index in [0.717, 1.165) is 24.1 Å². The Morgan fingerprint density at radius 1 is 1.35 bits per heavy atom. The number of aromatic nitrogens is 2.